The number of hydrogen-bond acceptors (Lipinski definition) is 0. The average Bonchev–Trinajstić information content (AvgIpc) is 2.06. The average molecular weight is 164 g/mol. The van der Waals surface area contributed by atoms with Crippen molar-refractivity contribution >= 4 is 0 Å². The zero-order chi connectivity index (χ0) is 9.23. The molecule has 0 aromatic heterocycles. The lowest BCUT2D eigenvalue weighted by molar-refractivity contribution is 0.719. The SMILES string of the molecule is C=C/C=C(\C=C/C)CCCCC. The molecule has 0 aliphatic heterocycles. The molecule has 0 bridgehead atoms. The summed E-state index contributed by atoms with van der Waals surface area (Å²) in [6, 6.07) is 0. The Kier molecular flexibility index (Phi) is 7.78. The molecule has 0 rings (SSSR count). The van der Waals surface area contributed by atoms with Gasteiger partial charge in [0.1, 0.15) is 0 Å². The Hall–Kier alpha value is -0.780. The van der Waals surface area contributed by atoms with Crippen molar-refractivity contribution in [1.82, 2.24) is 0 Å². The summed E-state index contributed by atoms with van der Waals surface area (Å²) in [7, 11) is 0. The highest BCUT2D eigenvalue weighted by atomic mass is 14.0. The molecule has 0 fully saturated rings. The largest absolute Gasteiger partial charge is 0.0991 e. The topological polar surface area (TPSA) is 0 Å². The van der Waals surface area contributed by atoms with E-state index >= 15 is 0 Å². The molecular formula is C12H20. The third kappa shape index (κ3) is 5.96. The van der Waals surface area contributed by atoms with Gasteiger partial charge >= 0.3 is 0 Å². The summed E-state index contributed by atoms with van der Waals surface area (Å²) in [5.41, 5.74) is 1.39. The van der Waals surface area contributed by atoms with Crippen molar-refractivity contribution < 1.29 is 0 Å². The van der Waals surface area contributed by atoms with Crippen LogP contribution in [0.25, 0.3) is 0 Å². The Morgan fingerprint density at radius 2 is 2.08 bits per heavy atom. The Labute approximate surface area is 76.7 Å². The van der Waals surface area contributed by atoms with Gasteiger partial charge in [-0.15, -0.1) is 0 Å². The molecule has 0 nitrogen and oxygen atoms in total. The van der Waals surface area contributed by atoms with Crippen LogP contribution in [-0.2, 0) is 0 Å². The monoisotopic (exact) mass is 164 g/mol. The molecule has 0 heterocycles. The first-order chi connectivity index (χ1) is 5.85. The van der Waals surface area contributed by atoms with Crippen LogP contribution in [0.5, 0.6) is 0 Å². The molecule has 0 aromatic rings. The van der Waals surface area contributed by atoms with Crippen LogP contribution in [0.15, 0.2) is 36.5 Å². The number of hydrogen-bond donors (Lipinski definition) is 0. The van der Waals surface area contributed by atoms with Gasteiger partial charge in [0.2, 0.25) is 0 Å². The fourth-order valence-corrected chi connectivity index (χ4v) is 1.17. The lowest BCUT2D eigenvalue weighted by atomic mass is 10.1. The predicted molar refractivity (Wildman–Crippen MR) is 57.2 cm³/mol. The van der Waals surface area contributed by atoms with E-state index < -0.39 is 0 Å². The van der Waals surface area contributed by atoms with Gasteiger partial charge < -0.3 is 0 Å². The second-order valence-corrected chi connectivity index (χ2v) is 2.93. The van der Waals surface area contributed by atoms with E-state index in [-0.39, 0.29) is 0 Å². The summed E-state index contributed by atoms with van der Waals surface area (Å²) < 4.78 is 0. The predicted octanol–water partition coefficient (Wildman–Crippen LogP) is 4.26. The Bertz CT molecular complexity index is 161. The molecular weight excluding hydrogens is 144 g/mol. The summed E-state index contributed by atoms with van der Waals surface area (Å²) in [6.45, 7) is 7.98. The molecule has 0 saturated heterocycles. The zero-order valence-corrected chi connectivity index (χ0v) is 8.34. The quantitative estimate of drug-likeness (QED) is 0.406. The molecule has 0 spiro atoms. The highest BCUT2D eigenvalue weighted by Crippen LogP contribution is 2.10. The van der Waals surface area contributed by atoms with E-state index in [1.54, 1.807) is 0 Å². The maximum atomic E-state index is 3.70. The van der Waals surface area contributed by atoms with Gasteiger partial charge in [0.25, 0.3) is 0 Å². The second kappa shape index (κ2) is 8.32. The van der Waals surface area contributed by atoms with E-state index in [2.05, 4.69) is 38.7 Å². The minimum atomic E-state index is 1.18. The molecule has 0 atom stereocenters. The third-order valence-electron chi connectivity index (χ3n) is 1.78. The van der Waals surface area contributed by atoms with Crippen LogP contribution in [0.1, 0.15) is 39.5 Å². The maximum absolute atomic E-state index is 3.70. The number of allylic oxidation sites excluding steroid dienone is 5. The van der Waals surface area contributed by atoms with Gasteiger partial charge in [0, 0.05) is 0 Å². The van der Waals surface area contributed by atoms with Gasteiger partial charge in [-0.25, -0.2) is 0 Å². The summed E-state index contributed by atoms with van der Waals surface area (Å²) >= 11 is 0. The number of rotatable bonds is 6. The van der Waals surface area contributed by atoms with Gasteiger partial charge in [-0.05, 0) is 25.3 Å². The highest BCUT2D eigenvalue weighted by molar-refractivity contribution is 5.22. The van der Waals surface area contributed by atoms with Gasteiger partial charge in [-0.3, -0.25) is 0 Å². The lowest BCUT2D eigenvalue weighted by Crippen LogP contribution is -1.79. The molecule has 12 heavy (non-hydrogen) atoms. The maximum Gasteiger partial charge on any atom is -0.0279 e. The Morgan fingerprint density at radius 3 is 2.58 bits per heavy atom. The van der Waals surface area contributed by atoms with E-state index in [4.69, 9.17) is 0 Å². The van der Waals surface area contributed by atoms with E-state index in [1.807, 2.05) is 6.08 Å². The fourth-order valence-electron chi connectivity index (χ4n) is 1.17. The van der Waals surface area contributed by atoms with Gasteiger partial charge in [-0.2, -0.15) is 0 Å². The molecule has 0 aliphatic carbocycles. The second-order valence-electron chi connectivity index (χ2n) is 2.93. The summed E-state index contributed by atoms with van der Waals surface area (Å²) in [4.78, 5) is 0. The molecule has 68 valence electrons. The van der Waals surface area contributed by atoms with Crippen molar-refractivity contribution in [1.29, 1.82) is 0 Å². The molecule has 0 radical (unpaired) electrons. The first kappa shape index (κ1) is 11.2. The van der Waals surface area contributed by atoms with Crippen molar-refractivity contribution in [2.75, 3.05) is 0 Å². The molecule has 0 unspecified atom stereocenters. The van der Waals surface area contributed by atoms with Crippen LogP contribution in [0.4, 0.5) is 0 Å². The minimum Gasteiger partial charge on any atom is -0.0991 e. The van der Waals surface area contributed by atoms with Crippen molar-refractivity contribution in [3.8, 4) is 0 Å². The van der Waals surface area contributed by atoms with Gasteiger partial charge in [-0.1, -0.05) is 50.6 Å². The fraction of sp³-hybridized carbons (Fsp3) is 0.500. The van der Waals surface area contributed by atoms with E-state index in [0.717, 1.165) is 0 Å². The van der Waals surface area contributed by atoms with Crippen molar-refractivity contribution in [3.63, 3.8) is 0 Å². The Balaban J connectivity index is 3.79. The molecule has 0 saturated carbocycles. The lowest BCUT2D eigenvalue weighted by Gasteiger charge is -1.99. The van der Waals surface area contributed by atoms with Crippen LogP contribution >= 0.6 is 0 Å². The van der Waals surface area contributed by atoms with Gasteiger partial charge in [0.05, 0.1) is 0 Å². The van der Waals surface area contributed by atoms with Crippen molar-refractivity contribution in [2.24, 2.45) is 0 Å². The van der Waals surface area contributed by atoms with Crippen LogP contribution in [0.2, 0.25) is 0 Å². The number of unbranched alkanes of at least 4 members (excludes halogenated alkanes) is 2. The summed E-state index contributed by atoms with van der Waals surface area (Å²) in [5, 5.41) is 0. The highest BCUT2D eigenvalue weighted by Gasteiger charge is 1.90. The van der Waals surface area contributed by atoms with Crippen molar-refractivity contribution in [3.05, 3.63) is 36.5 Å². The van der Waals surface area contributed by atoms with E-state index in [1.165, 1.54) is 31.3 Å². The first-order valence-corrected chi connectivity index (χ1v) is 4.79. The first-order valence-electron chi connectivity index (χ1n) is 4.79. The molecule has 0 N–H and O–H groups in total. The summed E-state index contributed by atoms with van der Waals surface area (Å²) in [6.07, 6.45) is 13.3. The van der Waals surface area contributed by atoms with E-state index in [9.17, 15) is 0 Å². The molecule has 0 amide bonds. The van der Waals surface area contributed by atoms with E-state index in [0.29, 0.717) is 0 Å². The van der Waals surface area contributed by atoms with Crippen molar-refractivity contribution in [2.45, 2.75) is 39.5 Å². The van der Waals surface area contributed by atoms with Gasteiger partial charge in [0.15, 0.2) is 0 Å². The molecule has 0 heteroatoms. The Morgan fingerprint density at radius 1 is 1.33 bits per heavy atom. The van der Waals surface area contributed by atoms with Crippen LogP contribution in [-0.4, -0.2) is 0 Å². The zero-order valence-electron chi connectivity index (χ0n) is 8.34. The van der Waals surface area contributed by atoms with Crippen LogP contribution in [0.3, 0.4) is 0 Å². The van der Waals surface area contributed by atoms with Crippen LogP contribution < -0.4 is 0 Å². The summed E-state index contributed by atoms with van der Waals surface area (Å²) in [5.74, 6) is 0. The standard InChI is InChI=1S/C12H20/c1-4-7-8-11-12(9-5-2)10-6-3/h5-6,9-10H,2,4,7-8,11H2,1,3H3/b10-6-,12-9+. The minimum absolute atomic E-state index is 1.18. The van der Waals surface area contributed by atoms with Crippen LogP contribution in [0, 0.1) is 0 Å². The molecule has 0 aliphatic rings. The molecule has 0 aromatic carbocycles. The smallest absolute Gasteiger partial charge is 0.0279 e. The third-order valence-corrected chi connectivity index (χ3v) is 1.78. The normalized spacial score (nSPS) is 12.3.